The van der Waals surface area contributed by atoms with Crippen molar-refractivity contribution < 1.29 is 4.74 Å². The molecule has 0 spiro atoms. The van der Waals surface area contributed by atoms with Gasteiger partial charge in [-0.2, -0.15) is 0 Å². The fourth-order valence-electron chi connectivity index (χ4n) is 1.25. The van der Waals surface area contributed by atoms with Crippen LogP contribution in [0.25, 0.3) is 0 Å². The smallest absolute Gasteiger partial charge is 0.213 e. The zero-order valence-electron chi connectivity index (χ0n) is 9.74. The van der Waals surface area contributed by atoms with Crippen molar-refractivity contribution in [3.8, 4) is 5.88 Å². The summed E-state index contributed by atoms with van der Waals surface area (Å²) in [6.07, 6.45) is 0.968. The van der Waals surface area contributed by atoms with Gasteiger partial charge in [0.2, 0.25) is 5.88 Å². The molecule has 1 rings (SSSR count). The zero-order valence-corrected chi connectivity index (χ0v) is 10.5. The van der Waals surface area contributed by atoms with Gasteiger partial charge in [0.1, 0.15) is 0 Å². The monoisotopic (exact) mass is 243 g/mol. The highest BCUT2D eigenvalue weighted by molar-refractivity contribution is 6.31. The summed E-state index contributed by atoms with van der Waals surface area (Å²) in [5.41, 5.74) is 6.18. The van der Waals surface area contributed by atoms with E-state index in [9.17, 15) is 0 Å². The van der Waals surface area contributed by atoms with E-state index < -0.39 is 0 Å². The van der Waals surface area contributed by atoms with Crippen molar-refractivity contribution in [2.75, 3.05) is 27.2 Å². The molecule has 1 aromatic rings. The predicted octanol–water partition coefficient (Wildman–Crippen LogP) is 1.52. The Morgan fingerprint density at radius 3 is 2.81 bits per heavy atom. The molecule has 4 nitrogen and oxygen atoms in total. The van der Waals surface area contributed by atoms with Gasteiger partial charge in [-0.15, -0.1) is 0 Å². The van der Waals surface area contributed by atoms with Gasteiger partial charge >= 0.3 is 0 Å². The fourth-order valence-corrected chi connectivity index (χ4v) is 1.43. The van der Waals surface area contributed by atoms with Gasteiger partial charge in [-0.1, -0.05) is 11.6 Å². The minimum Gasteiger partial charge on any atom is -0.478 e. The molecular formula is C11H18ClN3O. The first-order valence-electron chi connectivity index (χ1n) is 5.26. The number of rotatable bonds is 6. The Balaban J connectivity index is 2.42. The normalized spacial score (nSPS) is 10.8. The Labute approximate surface area is 101 Å². The first kappa shape index (κ1) is 13.2. The minimum atomic E-state index is 0.327. The van der Waals surface area contributed by atoms with Crippen molar-refractivity contribution in [3.63, 3.8) is 0 Å². The largest absolute Gasteiger partial charge is 0.478 e. The van der Waals surface area contributed by atoms with Crippen LogP contribution in [0.5, 0.6) is 5.88 Å². The Morgan fingerprint density at radius 2 is 2.19 bits per heavy atom. The lowest BCUT2D eigenvalue weighted by Gasteiger charge is -2.10. The van der Waals surface area contributed by atoms with E-state index in [4.69, 9.17) is 22.1 Å². The van der Waals surface area contributed by atoms with Crippen LogP contribution in [0.2, 0.25) is 5.02 Å². The van der Waals surface area contributed by atoms with E-state index in [0.717, 1.165) is 13.0 Å². The molecule has 0 amide bonds. The van der Waals surface area contributed by atoms with Crippen LogP contribution in [-0.4, -0.2) is 37.1 Å². The third-order valence-electron chi connectivity index (χ3n) is 2.09. The number of hydrogen-bond acceptors (Lipinski definition) is 4. The van der Waals surface area contributed by atoms with E-state index in [2.05, 4.69) is 9.88 Å². The third-order valence-corrected chi connectivity index (χ3v) is 2.43. The maximum Gasteiger partial charge on any atom is 0.213 e. The van der Waals surface area contributed by atoms with Crippen LogP contribution in [0, 0.1) is 0 Å². The standard InChI is InChI=1S/C11H18ClN3O/c1-15(2)6-3-7-16-11-5-4-9(12)10(8-13)14-11/h4-5H,3,6-8,13H2,1-2H3. The number of hydrogen-bond donors (Lipinski definition) is 1. The molecule has 2 N–H and O–H groups in total. The number of aromatic nitrogens is 1. The van der Waals surface area contributed by atoms with Crippen LogP contribution in [0.15, 0.2) is 12.1 Å². The van der Waals surface area contributed by atoms with Crippen LogP contribution < -0.4 is 10.5 Å². The summed E-state index contributed by atoms with van der Waals surface area (Å²) in [5.74, 6) is 0.587. The fraction of sp³-hybridized carbons (Fsp3) is 0.545. The molecule has 0 aliphatic rings. The van der Waals surface area contributed by atoms with E-state index >= 15 is 0 Å². The lowest BCUT2D eigenvalue weighted by Crippen LogP contribution is -2.15. The van der Waals surface area contributed by atoms with Crippen LogP contribution >= 0.6 is 11.6 Å². The summed E-state index contributed by atoms with van der Waals surface area (Å²) in [6, 6.07) is 3.52. The number of pyridine rings is 1. The second kappa shape index (κ2) is 6.68. The Morgan fingerprint density at radius 1 is 1.44 bits per heavy atom. The predicted molar refractivity (Wildman–Crippen MR) is 65.8 cm³/mol. The summed E-state index contributed by atoms with van der Waals surface area (Å²) in [6.45, 7) is 1.97. The van der Waals surface area contributed by atoms with E-state index in [1.165, 1.54) is 0 Å². The second-order valence-electron chi connectivity index (χ2n) is 3.79. The topological polar surface area (TPSA) is 51.4 Å². The molecule has 0 saturated carbocycles. The Kier molecular flexibility index (Phi) is 5.52. The number of ether oxygens (including phenoxy) is 1. The molecule has 0 unspecified atom stereocenters. The van der Waals surface area contributed by atoms with Gasteiger partial charge in [0, 0.05) is 19.2 Å². The van der Waals surface area contributed by atoms with Crippen molar-refractivity contribution in [3.05, 3.63) is 22.8 Å². The van der Waals surface area contributed by atoms with Gasteiger partial charge in [0.15, 0.2) is 0 Å². The minimum absolute atomic E-state index is 0.327. The first-order valence-corrected chi connectivity index (χ1v) is 5.64. The second-order valence-corrected chi connectivity index (χ2v) is 4.19. The highest BCUT2D eigenvalue weighted by Crippen LogP contribution is 2.17. The quantitative estimate of drug-likeness (QED) is 0.770. The number of halogens is 1. The van der Waals surface area contributed by atoms with Gasteiger partial charge in [0.05, 0.1) is 17.3 Å². The Bertz CT molecular complexity index is 331. The molecule has 0 aromatic carbocycles. The summed E-state index contributed by atoms with van der Waals surface area (Å²) in [4.78, 5) is 6.33. The van der Waals surface area contributed by atoms with Gasteiger partial charge in [0.25, 0.3) is 0 Å². The average molecular weight is 244 g/mol. The molecule has 5 heteroatoms. The van der Waals surface area contributed by atoms with Crippen molar-refractivity contribution in [2.24, 2.45) is 5.73 Å². The lowest BCUT2D eigenvalue weighted by molar-refractivity contribution is 0.272. The maximum atomic E-state index is 5.89. The summed E-state index contributed by atoms with van der Waals surface area (Å²) in [5, 5.41) is 0.586. The highest BCUT2D eigenvalue weighted by Gasteiger charge is 2.02. The van der Waals surface area contributed by atoms with Crippen molar-refractivity contribution in [2.45, 2.75) is 13.0 Å². The van der Waals surface area contributed by atoms with Gasteiger partial charge in [-0.25, -0.2) is 4.98 Å². The SMILES string of the molecule is CN(C)CCCOc1ccc(Cl)c(CN)n1. The summed E-state index contributed by atoms with van der Waals surface area (Å²) >= 11 is 5.89. The summed E-state index contributed by atoms with van der Waals surface area (Å²) < 4.78 is 5.50. The van der Waals surface area contributed by atoms with Crippen LogP contribution in [0.1, 0.15) is 12.1 Å². The number of nitrogens with zero attached hydrogens (tertiary/aromatic N) is 2. The van der Waals surface area contributed by atoms with E-state index in [1.807, 2.05) is 14.1 Å². The van der Waals surface area contributed by atoms with Gasteiger partial charge in [-0.05, 0) is 26.6 Å². The molecule has 0 atom stereocenters. The molecule has 0 saturated heterocycles. The molecule has 90 valence electrons. The molecule has 0 aliphatic heterocycles. The van der Waals surface area contributed by atoms with Crippen molar-refractivity contribution in [1.29, 1.82) is 0 Å². The van der Waals surface area contributed by atoms with Gasteiger partial charge in [-0.3, -0.25) is 0 Å². The van der Waals surface area contributed by atoms with E-state index in [0.29, 0.717) is 29.7 Å². The highest BCUT2D eigenvalue weighted by atomic mass is 35.5. The van der Waals surface area contributed by atoms with Gasteiger partial charge < -0.3 is 15.4 Å². The molecule has 0 aliphatic carbocycles. The molecular weight excluding hydrogens is 226 g/mol. The van der Waals surface area contributed by atoms with Crippen LogP contribution in [0.4, 0.5) is 0 Å². The molecule has 0 bridgehead atoms. The molecule has 0 radical (unpaired) electrons. The van der Waals surface area contributed by atoms with Crippen LogP contribution in [0.3, 0.4) is 0 Å². The zero-order chi connectivity index (χ0) is 12.0. The maximum absolute atomic E-state index is 5.89. The van der Waals surface area contributed by atoms with Crippen LogP contribution in [-0.2, 0) is 6.54 Å². The molecule has 0 fully saturated rings. The molecule has 1 aromatic heterocycles. The van der Waals surface area contributed by atoms with Crippen molar-refractivity contribution in [1.82, 2.24) is 9.88 Å². The van der Waals surface area contributed by atoms with E-state index in [1.54, 1.807) is 12.1 Å². The average Bonchev–Trinajstić information content (AvgIpc) is 2.26. The van der Waals surface area contributed by atoms with Crippen molar-refractivity contribution >= 4 is 11.6 Å². The van der Waals surface area contributed by atoms with E-state index in [-0.39, 0.29) is 0 Å². The summed E-state index contributed by atoms with van der Waals surface area (Å²) in [7, 11) is 4.07. The number of nitrogens with two attached hydrogens (primary N) is 1. The lowest BCUT2D eigenvalue weighted by atomic mass is 10.3. The molecule has 1 heterocycles. The molecule has 16 heavy (non-hydrogen) atoms. The third kappa shape index (κ3) is 4.35. The first-order chi connectivity index (χ1) is 7.63. The Hall–Kier alpha value is -0.840.